The molecule has 1 heterocycles. The lowest BCUT2D eigenvalue weighted by molar-refractivity contribution is 0.633. The van der Waals surface area contributed by atoms with Crippen molar-refractivity contribution in [3.05, 3.63) is 33.7 Å². The lowest BCUT2D eigenvalue weighted by atomic mass is 10.1. The molecule has 0 atom stereocenters. The fourth-order valence-electron chi connectivity index (χ4n) is 2.02. The number of hydrogen-bond donors (Lipinski definition) is 1. The maximum atomic E-state index is 14.3. The maximum Gasteiger partial charge on any atom is 0.148 e. The Morgan fingerprint density at radius 2 is 2.06 bits per heavy atom. The monoisotopic (exact) mass is 310 g/mol. The van der Waals surface area contributed by atoms with Gasteiger partial charge in [-0.3, -0.25) is 4.98 Å². The Labute approximate surface area is 115 Å². The van der Waals surface area contributed by atoms with E-state index in [0.717, 1.165) is 35.4 Å². The Balaban J connectivity index is 2.75. The van der Waals surface area contributed by atoms with Crippen molar-refractivity contribution in [3.63, 3.8) is 0 Å². The van der Waals surface area contributed by atoms with Gasteiger partial charge in [-0.1, -0.05) is 6.92 Å². The van der Waals surface area contributed by atoms with Gasteiger partial charge in [0.15, 0.2) is 0 Å². The van der Waals surface area contributed by atoms with Crippen molar-refractivity contribution in [3.8, 4) is 0 Å². The van der Waals surface area contributed by atoms with Crippen molar-refractivity contribution in [2.24, 2.45) is 0 Å². The van der Waals surface area contributed by atoms with Gasteiger partial charge in [0.25, 0.3) is 0 Å². The van der Waals surface area contributed by atoms with Gasteiger partial charge in [0, 0.05) is 17.9 Å². The fraction of sp³-hybridized carbons (Fsp3) is 0.357. The summed E-state index contributed by atoms with van der Waals surface area (Å²) in [7, 11) is 0. The van der Waals surface area contributed by atoms with E-state index in [1.165, 1.54) is 0 Å². The van der Waals surface area contributed by atoms with Crippen LogP contribution in [-0.2, 0) is 0 Å². The van der Waals surface area contributed by atoms with E-state index in [2.05, 4.69) is 33.2 Å². The molecule has 0 aliphatic rings. The number of anilines is 1. The fourth-order valence-corrected chi connectivity index (χ4v) is 2.56. The van der Waals surface area contributed by atoms with Crippen molar-refractivity contribution >= 4 is 32.5 Å². The van der Waals surface area contributed by atoms with Crippen LogP contribution in [0.25, 0.3) is 10.9 Å². The lowest BCUT2D eigenvalue weighted by Crippen LogP contribution is -2.03. The Morgan fingerprint density at radius 1 is 1.33 bits per heavy atom. The molecule has 4 heteroatoms. The molecule has 0 aliphatic carbocycles. The number of benzene rings is 1. The van der Waals surface area contributed by atoms with Gasteiger partial charge in [0.2, 0.25) is 0 Å². The molecular weight excluding hydrogens is 295 g/mol. The molecule has 2 nitrogen and oxygen atoms in total. The SMILES string of the molecule is CCCNc1cc(C)nc2c(C)cc(Br)c(F)c12. The molecule has 0 radical (unpaired) electrons. The molecule has 0 saturated heterocycles. The van der Waals surface area contributed by atoms with Gasteiger partial charge in [-0.15, -0.1) is 0 Å². The van der Waals surface area contributed by atoms with E-state index in [1.54, 1.807) is 6.07 Å². The summed E-state index contributed by atoms with van der Waals surface area (Å²) in [6.07, 6.45) is 0.997. The van der Waals surface area contributed by atoms with Crippen LogP contribution in [0.2, 0.25) is 0 Å². The summed E-state index contributed by atoms with van der Waals surface area (Å²) in [6.45, 7) is 6.78. The molecule has 0 fully saturated rings. The normalized spacial score (nSPS) is 10.9. The largest absolute Gasteiger partial charge is 0.384 e. The molecule has 1 aromatic carbocycles. The number of fused-ring (bicyclic) bond motifs is 1. The third-order valence-corrected chi connectivity index (χ3v) is 3.44. The highest BCUT2D eigenvalue weighted by molar-refractivity contribution is 9.10. The number of rotatable bonds is 3. The average Bonchev–Trinajstić information content (AvgIpc) is 2.33. The van der Waals surface area contributed by atoms with Crippen LogP contribution in [0.15, 0.2) is 16.6 Å². The zero-order chi connectivity index (χ0) is 13.3. The number of aryl methyl sites for hydroxylation is 2. The molecule has 0 aliphatic heterocycles. The second-order valence-corrected chi connectivity index (χ2v) is 5.31. The third-order valence-electron chi connectivity index (χ3n) is 2.86. The van der Waals surface area contributed by atoms with Gasteiger partial charge in [-0.05, 0) is 53.9 Å². The first-order chi connectivity index (χ1) is 8.54. The van der Waals surface area contributed by atoms with Crippen LogP contribution in [0.1, 0.15) is 24.6 Å². The van der Waals surface area contributed by atoms with Crippen LogP contribution >= 0.6 is 15.9 Å². The predicted molar refractivity (Wildman–Crippen MR) is 77.7 cm³/mol. The van der Waals surface area contributed by atoms with Crippen LogP contribution in [-0.4, -0.2) is 11.5 Å². The highest BCUT2D eigenvalue weighted by Crippen LogP contribution is 2.32. The van der Waals surface area contributed by atoms with E-state index >= 15 is 0 Å². The van der Waals surface area contributed by atoms with E-state index in [9.17, 15) is 4.39 Å². The van der Waals surface area contributed by atoms with Crippen molar-refractivity contribution in [1.82, 2.24) is 4.98 Å². The molecule has 0 saturated carbocycles. The highest BCUT2D eigenvalue weighted by Gasteiger charge is 2.14. The summed E-state index contributed by atoms with van der Waals surface area (Å²) in [4.78, 5) is 4.45. The summed E-state index contributed by atoms with van der Waals surface area (Å²) in [5.74, 6) is -0.248. The summed E-state index contributed by atoms with van der Waals surface area (Å²) >= 11 is 3.26. The topological polar surface area (TPSA) is 24.9 Å². The minimum Gasteiger partial charge on any atom is -0.384 e. The number of aromatic nitrogens is 1. The minimum absolute atomic E-state index is 0.248. The Hall–Kier alpha value is -1.16. The number of pyridine rings is 1. The van der Waals surface area contributed by atoms with Crippen LogP contribution in [0.5, 0.6) is 0 Å². The van der Waals surface area contributed by atoms with E-state index in [-0.39, 0.29) is 5.82 Å². The third kappa shape index (κ3) is 2.34. The van der Waals surface area contributed by atoms with Crippen molar-refractivity contribution in [2.45, 2.75) is 27.2 Å². The van der Waals surface area contributed by atoms with Gasteiger partial charge in [-0.25, -0.2) is 4.39 Å². The Morgan fingerprint density at radius 3 is 2.72 bits per heavy atom. The number of hydrogen-bond acceptors (Lipinski definition) is 2. The molecule has 2 rings (SSSR count). The smallest absolute Gasteiger partial charge is 0.148 e. The van der Waals surface area contributed by atoms with E-state index in [0.29, 0.717) is 9.86 Å². The lowest BCUT2D eigenvalue weighted by Gasteiger charge is -2.13. The molecule has 1 N–H and O–H groups in total. The molecule has 0 spiro atoms. The van der Waals surface area contributed by atoms with E-state index in [4.69, 9.17) is 0 Å². The van der Waals surface area contributed by atoms with E-state index in [1.807, 2.05) is 19.9 Å². The second-order valence-electron chi connectivity index (χ2n) is 4.45. The quantitative estimate of drug-likeness (QED) is 0.898. The minimum atomic E-state index is -0.248. The first-order valence-electron chi connectivity index (χ1n) is 6.04. The van der Waals surface area contributed by atoms with Gasteiger partial charge in [-0.2, -0.15) is 0 Å². The Bertz CT molecular complexity index is 596. The summed E-state index contributed by atoms with van der Waals surface area (Å²) in [5, 5.41) is 3.84. The molecule has 18 heavy (non-hydrogen) atoms. The van der Waals surface area contributed by atoms with Crippen molar-refractivity contribution in [2.75, 3.05) is 11.9 Å². The summed E-state index contributed by atoms with van der Waals surface area (Å²) in [6, 6.07) is 3.67. The average molecular weight is 311 g/mol. The molecule has 0 amide bonds. The molecular formula is C14H16BrFN2. The van der Waals surface area contributed by atoms with Gasteiger partial charge in [0.1, 0.15) is 5.82 Å². The molecule has 2 aromatic rings. The zero-order valence-electron chi connectivity index (χ0n) is 10.8. The zero-order valence-corrected chi connectivity index (χ0v) is 12.4. The molecule has 0 bridgehead atoms. The standard InChI is InChI=1S/C14H16BrFN2/c1-4-5-17-11-7-9(3)18-14-8(2)6-10(15)13(16)12(11)14/h6-7H,4-5H2,1-3H3,(H,17,18). The molecule has 96 valence electrons. The van der Waals surface area contributed by atoms with Gasteiger partial charge >= 0.3 is 0 Å². The van der Waals surface area contributed by atoms with Crippen LogP contribution < -0.4 is 5.32 Å². The van der Waals surface area contributed by atoms with Crippen LogP contribution in [0, 0.1) is 19.7 Å². The van der Waals surface area contributed by atoms with E-state index < -0.39 is 0 Å². The first kappa shape index (κ1) is 13.3. The van der Waals surface area contributed by atoms with Crippen molar-refractivity contribution < 1.29 is 4.39 Å². The van der Waals surface area contributed by atoms with Crippen molar-refractivity contribution in [1.29, 1.82) is 0 Å². The second kappa shape index (κ2) is 5.22. The first-order valence-corrected chi connectivity index (χ1v) is 6.83. The number of halogens is 2. The predicted octanol–water partition coefficient (Wildman–Crippen LogP) is 4.58. The van der Waals surface area contributed by atoms with Gasteiger partial charge < -0.3 is 5.32 Å². The molecule has 0 unspecified atom stereocenters. The van der Waals surface area contributed by atoms with Crippen LogP contribution in [0.3, 0.4) is 0 Å². The summed E-state index contributed by atoms with van der Waals surface area (Å²) in [5.41, 5.74) is 3.42. The van der Waals surface area contributed by atoms with Crippen LogP contribution in [0.4, 0.5) is 10.1 Å². The number of nitrogens with one attached hydrogen (secondary N) is 1. The number of nitrogens with zero attached hydrogens (tertiary/aromatic N) is 1. The Kier molecular flexibility index (Phi) is 3.85. The molecule has 1 aromatic heterocycles. The highest BCUT2D eigenvalue weighted by atomic mass is 79.9. The summed E-state index contributed by atoms with van der Waals surface area (Å²) < 4.78 is 14.8. The maximum absolute atomic E-state index is 14.3. The van der Waals surface area contributed by atoms with Gasteiger partial charge in [0.05, 0.1) is 15.4 Å².